The Morgan fingerprint density at radius 1 is 1.33 bits per heavy atom. The van der Waals surface area contributed by atoms with Gasteiger partial charge in [0, 0.05) is 13.1 Å². The summed E-state index contributed by atoms with van der Waals surface area (Å²) in [6.07, 6.45) is 1.69. The van der Waals surface area contributed by atoms with Crippen LogP contribution >= 0.6 is 0 Å². The van der Waals surface area contributed by atoms with Gasteiger partial charge in [-0.25, -0.2) is 0 Å². The Kier molecular flexibility index (Phi) is 3.35. The summed E-state index contributed by atoms with van der Waals surface area (Å²) >= 11 is 0. The van der Waals surface area contributed by atoms with Crippen LogP contribution in [0.15, 0.2) is 18.2 Å². The number of aliphatic carboxylic acids is 1. The van der Waals surface area contributed by atoms with E-state index >= 15 is 0 Å². The van der Waals surface area contributed by atoms with Crippen molar-refractivity contribution in [1.82, 2.24) is 4.90 Å². The fourth-order valence-electron chi connectivity index (χ4n) is 2.91. The van der Waals surface area contributed by atoms with E-state index in [9.17, 15) is 14.7 Å². The Morgan fingerprint density at radius 2 is 2.10 bits per heavy atom. The molecule has 2 aliphatic rings. The summed E-state index contributed by atoms with van der Waals surface area (Å²) < 4.78 is 5.49. The third kappa shape index (κ3) is 2.37. The van der Waals surface area contributed by atoms with E-state index in [0.717, 1.165) is 17.7 Å². The van der Waals surface area contributed by atoms with Gasteiger partial charge in [0.1, 0.15) is 11.2 Å². The molecule has 0 atom stereocenters. The van der Waals surface area contributed by atoms with Gasteiger partial charge in [-0.1, -0.05) is 6.07 Å². The molecule has 1 aromatic carbocycles. The predicted molar refractivity (Wildman–Crippen MR) is 76.0 cm³/mol. The van der Waals surface area contributed by atoms with Gasteiger partial charge in [0.15, 0.2) is 0 Å². The molecule has 0 spiro atoms. The molecule has 0 bridgehead atoms. The summed E-state index contributed by atoms with van der Waals surface area (Å²) in [7, 11) is 0. The largest absolute Gasteiger partial charge is 0.494 e. The van der Waals surface area contributed by atoms with Gasteiger partial charge in [-0.3, -0.25) is 9.59 Å². The van der Waals surface area contributed by atoms with Crippen molar-refractivity contribution in [2.45, 2.75) is 32.7 Å². The highest BCUT2D eigenvalue weighted by atomic mass is 16.5. The van der Waals surface area contributed by atoms with Crippen LogP contribution in [0.2, 0.25) is 0 Å². The van der Waals surface area contributed by atoms with Crippen molar-refractivity contribution in [1.29, 1.82) is 0 Å². The number of ether oxygens (including phenoxy) is 1. The van der Waals surface area contributed by atoms with Crippen molar-refractivity contribution in [3.05, 3.63) is 29.3 Å². The number of carbonyl (C=O) groups is 2. The minimum absolute atomic E-state index is 0.234. The van der Waals surface area contributed by atoms with Gasteiger partial charge in [-0.05, 0) is 49.4 Å². The number of hydrogen-bond acceptors (Lipinski definition) is 3. The Balaban J connectivity index is 1.79. The summed E-state index contributed by atoms with van der Waals surface area (Å²) in [6.45, 7) is 3.60. The average Bonchev–Trinajstić information content (AvgIpc) is 3.28. The van der Waals surface area contributed by atoms with Gasteiger partial charge >= 0.3 is 5.97 Å². The Hall–Kier alpha value is -2.04. The Labute approximate surface area is 123 Å². The van der Waals surface area contributed by atoms with E-state index in [1.807, 2.05) is 25.1 Å². The number of nitrogens with zero attached hydrogens (tertiary/aromatic N) is 1. The fourth-order valence-corrected chi connectivity index (χ4v) is 2.91. The highest BCUT2D eigenvalue weighted by Gasteiger charge is 2.58. The lowest BCUT2D eigenvalue weighted by atomic mass is 9.97. The van der Waals surface area contributed by atoms with Crippen LogP contribution in [-0.2, 0) is 22.6 Å². The second-order valence-corrected chi connectivity index (χ2v) is 5.73. The molecular formula is C16H19NO4. The molecule has 1 amide bonds. The normalized spacial score (nSPS) is 18.8. The van der Waals surface area contributed by atoms with Gasteiger partial charge in [-0.2, -0.15) is 0 Å². The van der Waals surface area contributed by atoms with Gasteiger partial charge in [0.25, 0.3) is 0 Å². The maximum atomic E-state index is 12.5. The van der Waals surface area contributed by atoms with Crippen LogP contribution in [-0.4, -0.2) is 35.0 Å². The van der Waals surface area contributed by atoms with Crippen LogP contribution in [0.1, 0.15) is 30.9 Å². The molecule has 21 heavy (non-hydrogen) atoms. The highest BCUT2D eigenvalue weighted by molar-refractivity contribution is 6.04. The number of amides is 1. The van der Waals surface area contributed by atoms with E-state index in [1.54, 1.807) is 4.90 Å². The van der Waals surface area contributed by atoms with E-state index in [-0.39, 0.29) is 5.91 Å². The van der Waals surface area contributed by atoms with E-state index in [1.165, 1.54) is 5.56 Å². The molecule has 1 aliphatic heterocycles. The van der Waals surface area contributed by atoms with Crippen LogP contribution in [0, 0.1) is 5.41 Å². The van der Waals surface area contributed by atoms with Gasteiger partial charge < -0.3 is 14.7 Å². The van der Waals surface area contributed by atoms with Crippen molar-refractivity contribution >= 4 is 11.9 Å². The quantitative estimate of drug-likeness (QED) is 0.859. The molecule has 1 fully saturated rings. The molecule has 1 heterocycles. The molecule has 5 nitrogen and oxygen atoms in total. The van der Waals surface area contributed by atoms with Crippen molar-refractivity contribution in [3.63, 3.8) is 0 Å². The molecule has 1 aliphatic carbocycles. The molecule has 3 rings (SSSR count). The third-order valence-electron chi connectivity index (χ3n) is 4.36. The summed E-state index contributed by atoms with van der Waals surface area (Å²) in [5, 5.41) is 9.25. The second-order valence-electron chi connectivity index (χ2n) is 5.73. The van der Waals surface area contributed by atoms with Crippen LogP contribution in [0.4, 0.5) is 0 Å². The van der Waals surface area contributed by atoms with E-state index in [2.05, 4.69) is 0 Å². The van der Waals surface area contributed by atoms with Crippen molar-refractivity contribution in [2.75, 3.05) is 13.2 Å². The molecule has 1 aromatic rings. The maximum Gasteiger partial charge on any atom is 0.319 e. The van der Waals surface area contributed by atoms with Crippen LogP contribution in [0.25, 0.3) is 0 Å². The van der Waals surface area contributed by atoms with E-state index < -0.39 is 11.4 Å². The molecule has 0 unspecified atom stereocenters. The number of benzene rings is 1. The molecule has 0 saturated heterocycles. The maximum absolute atomic E-state index is 12.5. The lowest BCUT2D eigenvalue weighted by Crippen LogP contribution is -2.43. The zero-order valence-electron chi connectivity index (χ0n) is 12.1. The number of carboxylic acids is 1. The lowest BCUT2D eigenvalue weighted by molar-refractivity contribution is -0.153. The number of hydrogen-bond donors (Lipinski definition) is 1. The first-order valence-electron chi connectivity index (χ1n) is 7.34. The molecule has 0 aromatic heterocycles. The molecule has 1 saturated carbocycles. The number of carbonyl (C=O) groups excluding carboxylic acids is 1. The zero-order chi connectivity index (χ0) is 15.0. The number of fused-ring (bicyclic) bond motifs is 1. The second kappa shape index (κ2) is 5.06. The minimum atomic E-state index is -1.14. The van der Waals surface area contributed by atoms with Crippen LogP contribution in [0.5, 0.6) is 5.75 Å². The SMILES string of the molecule is CCOc1ccc2c(c1)CN(C(=O)C1(C(=O)O)CC1)CC2. The highest BCUT2D eigenvalue weighted by Crippen LogP contribution is 2.48. The number of carboxylic acid groups (broad SMARTS) is 1. The summed E-state index contributed by atoms with van der Waals surface area (Å²) in [4.78, 5) is 25.4. The zero-order valence-corrected chi connectivity index (χ0v) is 12.1. The number of rotatable bonds is 4. The summed E-state index contributed by atoms with van der Waals surface area (Å²) in [5.41, 5.74) is 1.12. The smallest absolute Gasteiger partial charge is 0.319 e. The lowest BCUT2D eigenvalue weighted by Gasteiger charge is -2.31. The monoisotopic (exact) mass is 289 g/mol. The molecule has 5 heteroatoms. The van der Waals surface area contributed by atoms with Crippen molar-refractivity contribution < 1.29 is 19.4 Å². The summed E-state index contributed by atoms with van der Waals surface area (Å²) in [5.74, 6) is -0.422. The standard InChI is InChI=1S/C16H19NO4/c1-2-21-13-4-3-11-5-8-17(10-12(11)9-13)14(18)16(6-7-16)15(19)20/h3-4,9H,2,5-8,10H2,1H3,(H,19,20). The Morgan fingerprint density at radius 3 is 2.71 bits per heavy atom. The molecule has 1 N–H and O–H groups in total. The fraction of sp³-hybridized carbons (Fsp3) is 0.500. The first-order valence-corrected chi connectivity index (χ1v) is 7.34. The Bertz CT molecular complexity index is 592. The molecular weight excluding hydrogens is 270 g/mol. The van der Waals surface area contributed by atoms with Gasteiger partial charge in [0.05, 0.1) is 6.61 Å². The van der Waals surface area contributed by atoms with Gasteiger partial charge in [0.2, 0.25) is 5.91 Å². The average molecular weight is 289 g/mol. The van der Waals surface area contributed by atoms with Crippen LogP contribution < -0.4 is 4.74 Å². The van der Waals surface area contributed by atoms with E-state index in [0.29, 0.717) is 32.5 Å². The molecule has 112 valence electrons. The van der Waals surface area contributed by atoms with E-state index in [4.69, 9.17) is 4.74 Å². The topological polar surface area (TPSA) is 66.8 Å². The first kappa shape index (κ1) is 13.9. The minimum Gasteiger partial charge on any atom is -0.494 e. The predicted octanol–water partition coefficient (Wildman–Crippen LogP) is 1.83. The van der Waals surface area contributed by atoms with Crippen molar-refractivity contribution in [3.8, 4) is 5.75 Å². The summed E-state index contributed by atoms with van der Waals surface area (Å²) in [6, 6.07) is 5.93. The third-order valence-corrected chi connectivity index (χ3v) is 4.36. The molecule has 0 radical (unpaired) electrons. The van der Waals surface area contributed by atoms with Gasteiger partial charge in [-0.15, -0.1) is 0 Å². The first-order chi connectivity index (χ1) is 10.1. The van der Waals surface area contributed by atoms with Crippen LogP contribution in [0.3, 0.4) is 0 Å². The van der Waals surface area contributed by atoms with Crippen molar-refractivity contribution in [2.24, 2.45) is 5.41 Å².